The van der Waals surface area contributed by atoms with E-state index >= 15 is 0 Å². The number of aliphatic imine (C=N–C) groups is 1. The average Bonchev–Trinajstić information content (AvgIpc) is 3.22. The Labute approximate surface area is 179 Å². The van der Waals surface area contributed by atoms with Gasteiger partial charge in [-0.05, 0) is 56.5 Å². The molecule has 1 aliphatic heterocycles. The number of thiophene rings is 1. The molecule has 6 heteroatoms. The highest BCUT2D eigenvalue weighted by atomic mass is 32.1. The maximum absolute atomic E-state index is 5.96. The summed E-state index contributed by atoms with van der Waals surface area (Å²) in [6, 6.07) is 16.5. The molecule has 3 heterocycles. The Hall–Kier alpha value is -3.25. The van der Waals surface area contributed by atoms with Gasteiger partial charge in [0.15, 0.2) is 5.82 Å². The summed E-state index contributed by atoms with van der Waals surface area (Å²) in [4.78, 5) is 6.40. The molecule has 0 unspecified atom stereocenters. The molecule has 0 bridgehead atoms. The van der Waals surface area contributed by atoms with Crippen LogP contribution in [0.3, 0.4) is 0 Å². The van der Waals surface area contributed by atoms with Gasteiger partial charge in [-0.2, -0.15) is 0 Å². The van der Waals surface area contributed by atoms with Gasteiger partial charge in [-0.1, -0.05) is 36.4 Å². The summed E-state index contributed by atoms with van der Waals surface area (Å²) in [7, 11) is 0. The lowest BCUT2D eigenvalue weighted by Gasteiger charge is -2.11. The summed E-state index contributed by atoms with van der Waals surface area (Å²) in [5, 5.41) is 9.90. The van der Waals surface area contributed by atoms with E-state index in [1.165, 1.54) is 16.0 Å². The number of benzene rings is 2. The molecule has 0 spiro atoms. The minimum Gasteiger partial charge on any atom is -0.399 e. The average molecular weight is 414 g/mol. The van der Waals surface area contributed by atoms with Gasteiger partial charge in [0.1, 0.15) is 16.9 Å². The van der Waals surface area contributed by atoms with Crippen molar-refractivity contribution in [2.75, 3.05) is 5.73 Å². The third-order valence-electron chi connectivity index (χ3n) is 5.73. The first-order valence-corrected chi connectivity index (χ1v) is 10.8. The SMILES string of the molecule is Cc1sc2c(c1C)C(c1ccc(-c3cccc(N)c3)cc1)=N[C@@H](C)c1nnc(C)n1-2. The van der Waals surface area contributed by atoms with Gasteiger partial charge >= 0.3 is 0 Å². The molecule has 0 radical (unpaired) electrons. The van der Waals surface area contributed by atoms with Crippen LogP contribution in [-0.2, 0) is 0 Å². The second-order valence-electron chi connectivity index (χ2n) is 7.76. The number of nitrogens with two attached hydrogens (primary N) is 1. The van der Waals surface area contributed by atoms with Crippen molar-refractivity contribution in [1.29, 1.82) is 0 Å². The third-order valence-corrected chi connectivity index (χ3v) is 6.92. The number of hydrogen-bond acceptors (Lipinski definition) is 5. The van der Waals surface area contributed by atoms with Gasteiger partial charge in [0, 0.05) is 21.7 Å². The third kappa shape index (κ3) is 2.87. The zero-order valence-corrected chi connectivity index (χ0v) is 18.3. The molecule has 5 nitrogen and oxygen atoms in total. The van der Waals surface area contributed by atoms with Crippen molar-refractivity contribution < 1.29 is 0 Å². The van der Waals surface area contributed by atoms with Crippen LogP contribution in [0.1, 0.15) is 46.2 Å². The van der Waals surface area contributed by atoms with Crippen LogP contribution in [0.15, 0.2) is 53.5 Å². The highest BCUT2D eigenvalue weighted by Gasteiger charge is 2.29. The Kier molecular flexibility index (Phi) is 4.33. The van der Waals surface area contributed by atoms with Gasteiger partial charge in [-0.3, -0.25) is 9.56 Å². The Morgan fingerprint density at radius 3 is 2.40 bits per heavy atom. The number of nitrogens with zero attached hydrogens (tertiary/aromatic N) is 4. The smallest absolute Gasteiger partial charge is 0.162 e. The van der Waals surface area contributed by atoms with Crippen molar-refractivity contribution in [2.45, 2.75) is 33.7 Å². The fourth-order valence-electron chi connectivity index (χ4n) is 4.02. The molecular formula is C24H23N5S. The number of aryl methyl sites for hydroxylation is 2. The van der Waals surface area contributed by atoms with E-state index in [0.29, 0.717) is 0 Å². The topological polar surface area (TPSA) is 69.1 Å². The van der Waals surface area contributed by atoms with Crippen LogP contribution in [0.25, 0.3) is 16.1 Å². The molecule has 4 aromatic rings. The van der Waals surface area contributed by atoms with Crippen LogP contribution in [0.4, 0.5) is 5.69 Å². The Morgan fingerprint density at radius 2 is 1.67 bits per heavy atom. The second-order valence-corrected chi connectivity index (χ2v) is 8.96. The Morgan fingerprint density at radius 1 is 0.933 bits per heavy atom. The van der Waals surface area contributed by atoms with Crippen LogP contribution in [0.2, 0.25) is 0 Å². The first-order chi connectivity index (χ1) is 14.4. The number of hydrogen-bond donors (Lipinski definition) is 1. The first-order valence-electron chi connectivity index (χ1n) is 10.0. The van der Waals surface area contributed by atoms with Crippen LogP contribution in [0.5, 0.6) is 0 Å². The fraction of sp³-hybridized carbons (Fsp3) is 0.208. The summed E-state index contributed by atoms with van der Waals surface area (Å²) >= 11 is 1.78. The van der Waals surface area contributed by atoms with E-state index in [1.807, 2.05) is 25.1 Å². The molecular weight excluding hydrogens is 390 g/mol. The van der Waals surface area contributed by atoms with E-state index in [-0.39, 0.29) is 6.04 Å². The van der Waals surface area contributed by atoms with Gasteiger partial charge < -0.3 is 5.73 Å². The molecule has 2 aromatic carbocycles. The molecule has 1 atom stereocenters. The van der Waals surface area contributed by atoms with Crippen LogP contribution in [-0.4, -0.2) is 20.5 Å². The number of nitrogen functional groups attached to an aromatic ring is 1. The van der Waals surface area contributed by atoms with E-state index < -0.39 is 0 Å². The van der Waals surface area contributed by atoms with Gasteiger partial charge in [0.2, 0.25) is 0 Å². The standard InChI is InChI=1S/C24H23N5S/c1-13-15(3)30-24-21(13)22(26-14(2)23-28-27-16(4)29(23)24)18-10-8-17(9-11-18)19-6-5-7-20(25)12-19/h5-12,14H,25H2,1-4H3/t14-/m0/s1. The van der Waals surface area contributed by atoms with Crippen molar-refractivity contribution in [1.82, 2.24) is 14.8 Å². The Balaban J connectivity index is 1.66. The molecule has 0 amide bonds. The maximum Gasteiger partial charge on any atom is 0.162 e. The minimum atomic E-state index is -0.0749. The fourth-order valence-corrected chi connectivity index (χ4v) is 5.23. The number of rotatable bonds is 2. The molecule has 0 fully saturated rings. The van der Waals surface area contributed by atoms with Crippen LogP contribution < -0.4 is 5.73 Å². The normalized spacial score (nSPS) is 15.3. The first kappa shape index (κ1) is 18.8. The summed E-state index contributed by atoms with van der Waals surface area (Å²) in [6.45, 7) is 8.43. The minimum absolute atomic E-state index is 0.0749. The zero-order valence-electron chi connectivity index (χ0n) is 17.5. The lowest BCUT2D eigenvalue weighted by Crippen LogP contribution is -2.07. The molecule has 0 saturated carbocycles. The van der Waals surface area contributed by atoms with Gasteiger partial charge in [-0.25, -0.2) is 0 Å². The van der Waals surface area contributed by atoms with Crippen molar-refractivity contribution in [2.24, 2.45) is 4.99 Å². The predicted octanol–water partition coefficient (Wildman–Crippen LogP) is 5.42. The molecule has 2 N–H and O–H groups in total. The largest absolute Gasteiger partial charge is 0.399 e. The van der Waals surface area contributed by atoms with Crippen molar-refractivity contribution in [3.05, 3.63) is 81.7 Å². The summed E-state index contributed by atoms with van der Waals surface area (Å²) < 4.78 is 2.17. The zero-order chi connectivity index (χ0) is 21.0. The van der Waals surface area contributed by atoms with E-state index in [0.717, 1.165) is 44.7 Å². The van der Waals surface area contributed by atoms with Crippen LogP contribution >= 0.6 is 11.3 Å². The molecule has 0 saturated heterocycles. The van der Waals surface area contributed by atoms with E-state index in [2.05, 4.69) is 65.9 Å². The second kappa shape index (κ2) is 6.92. The number of fused-ring (bicyclic) bond motifs is 3. The van der Waals surface area contributed by atoms with E-state index in [4.69, 9.17) is 10.7 Å². The number of anilines is 1. The summed E-state index contributed by atoms with van der Waals surface area (Å²) in [6.07, 6.45) is 0. The lowest BCUT2D eigenvalue weighted by atomic mass is 9.97. The van der Waals surface area contributed by atoms with Gasteiger partial charge in [0.25, 0.3) is 0 Å². The van der Waals surface area contributed by atoms with Crippen molar-refractivity contribution >= 4 is 22.7 Å². The lowest BCUT2D eigenvalue weighted by molar-refractivity contribution is 0.724. The van der Waals surface area contributed by atoms with E-state index in [9.17, 15) is 0 Å². The summed E-state index contributed by atoms with van der Waals surface area (Å²) in [5.74, 6) is 1.79. The van der Waals surface area contributed by atoms with Crippen molar-refractivity contribution in [3.63, 3.8) is 0 Å². The molecule has 30 heavy (non-hydrogen) atoms. The van der Waals surface area contributed by atoms with E-state index in [1.54, 1.807) is 11.3 Å². The highest BCUT2D eigenvalue weighted by Crippen LogP contribution is 2.38. The van der Waals surface area contributed by atoms with Gasteiger partial charge in [0.05, 0.1) is 5.71 Å². The van der Waals surface area contributed by atoms with Gasteiger partial charge in [-0.15, -0.1) is 21.5 Å². The highest BCUT2D eigenvalue weighted by molar-refractivity contribution is 7.15. The monoisotopic (exact) mass is 413 g/mol. The molecule has 5 rings (SSSR count). The predicted molar refractivity (Wildman–Crippen MR) is 124 cm³/mol. The van der Waals surface area contributed by atoms with Crippen LogP contribution in [0, 0.1) is 20.8 Å². The maximum atomic E-state index is 5.96. The summed E-state index contributed by atoms with van der Waals surface area (Å²) in [5.41, 5.74) is 13.6. The molecule has 1 aliphatic rings. The Bertz CT molecular complexity index is 1290. The number of aromatic nitrogens is 3. The molecule has 2 aromatic heterocycles. The molecule has 0 aliphatic carbocycles. The van der Waals surface area contributed by atoms with Crippen molar-refractivity contribution in [3.8, 4) is 16.1 Å². The molecule has 150 valence electrons. The quantitative estimate of drug-likeness (QED) is 0.446.